The van der Waals surface area contributed by atoms with Crippen LogP contribution in [0.5, 0.6) is 0 Å². The second-order valence-electron chi connectivity index (χ2n) is 10.4. The van der Waals surface area contributed by atoms with E-state index in [0.717, 1.165) is 5.56 Å². The van der Waals surface area contributed by atoms with Crippen molar-refractivity contribution in [1.82, 2.24) is 4.31 Å². The van der Waals surface area contributed by atoms with Crippen molar-refractivity contribution in [3.8, 4) is 0 Å². The van der Waals surface area contributed by atoms with Crippen LogP contribution in [0.1, 0.15) is 29.6 Å². The lowest BCUT2D eigenvalue weighted by Crippen LogP contribution is -2.30. The highest BCUT2D eigenvalue weighted by Crippen LogP contribution is 2.37. The molecular weight excluding hydrogens is 694 g/mol. The lowest BCUT2D eigenvalue weighted by Gasteiger charge is -2.22. The molecule has 238 valence electrons. The Morgan fingerprint density at radius 1 is 0.891 bits per heavy atom. The van der Waals surface area contributed by atoms with E-state index in [1.54, 1.807) is 55.5 Å². The summed E-state index contributed by atoms with van der Waals surface area (Å²) in [6, 6.07) is 19.0. The molecule has 0 N–H and O–H groups in total. The van der Waals surface area contributed by atoms with Crippen LogP contribution in [0.3, 0.4) is 0 Å². The normalized spacial score (nSPS) is 14.6. The number of halogens is 4. The molecule has 1 aromatic heterocycles. The number of rotatable bonds is 9. The number of amides is 1. The van der Waals surface area contributed by atoms with Gasteiger partial charge in [0.15, 0.2) is 0 Å². The van der Waals surface area contributed by atoms with Gasteiger partial charge >= 0.3 is 5.97 Å². The predicted octanol–water partition coefficient (Wildman–Crippen LogP) is 8.47. The number of furan rings is 1. The number of ether oxygens (including phenoxy) is 1. The Kier molecular flexibility index (Phi) is 10.0. The third-order valence-electron chi connectivity index (χ3n) is 7.30. The molecule has 0 bridgehead atoms. The molecular formula is C33H26Cl4N2O6S. The van der Waals surface area contributed by atoms with E-state index >= 15 is 0 Å². The molecule has 4 aromatic rings. The second kappa shape index (κ2) is 13.7. The maximum atomic E-state index is 13.8. The maximum absolute atomic E-state index is 13.8. The molecule has 46 heavy (non-hydrogen) atoms. The number of carbonyl (C=O) groups is 2. The predicted molar refractivity (Wildman–Crippen MR) is 179 cm³/mol. The molecule has 3 aromatic carbocycles. The Balaban J connectivity index is 1.50. The summed E-state index contributed by atoms with van der Waals surface area (Å²) < 4.78 is 39.8. The van der Waals surface area contributed by atoms with E-state index < -0.39 is 21.9 Å². The van der Waals surface area contributed by atoms with E-state index in [9.17, 15) is 18.0 Å². The van der Waals surface area contributed by atoms with E-state index in [0.29, 0.717) is 32.0 Å². The maximum Gasteiger partial charge on any atom is 0.340 e. The average Bonchev–Trinajstić information content (AvgIpc) is 3.56. The Labute approximate surface area is 286 Å². The number of hydrogen-bond acceptors (Lipinski definition) is 6. The van der Waals surface area contributed by atoms with E-state index in [1.807, 2.05) is 6.92 Å². The number of nitrogens with zero attached hydrogens (tertiary/aromatic N) is 2. The third-order valence-corrected chi connectivity index (χ3v) is 10.5. The molecule has 1 amide bonds. The van der Waals surface area contributed by atoms with Gasteiger partial charge in [-0.25, -0.2) is 13.2 Å². The SMILES string of the molecule is COC(=O)C1=C(C)N(c2ccc(C)c(Cl)c2)C(=O)/C1=C/c1ccc(CN(Cc2ccc(Cl)c(Cl)c2)S(=O)(=O)c2ccc(Cl)cc2)o1. The van der Waals surface area contributed by atoms with Gasteiger partial charge in [-0.2, -0.15) is 4.31 Å². The minimum absolute atomic E-state index is 0.0297. The minimum atomic E-state index is -4.05. The number of anilines is 1. The summed E-state index contributed by atoms with van der Waals surface area (Å²) in [6.45, 7) is 3.25. The summed E-state index contributed by atoms with van der Waals surface area (Å²) in [7, 11) is -2.82. The highest BCUT2D eigenvalue weighted by Gasteiger charge is 2.38. The summed E-state index contributed by atoms with van der Waals surface area (Å²) in [6.07, 6.45) is 1.42. The number of carbonyl (C=O) groups excluding carboxylic acids is 2. The molecule has 0 unspecified atom stereocenters. The molecule has 0 aliphatic carbocycles. The van der Waals surface area contributed by atoms with Crippen LogP contribution in [0.2, 0.25) is 20.1 Å². The summed E-state index contributed by atoms with van der Waals surface area (Å²) in [5.74, 6) is -0.694. The van der Waals surface area contributed by atoms with Gasteiger partial charge in [0.2, 0.25) is 10.0 Å². The quantitative estimate of drug-likeness (QED) is 0.127. The fourth-order valence-corrected chi connectivity index (χ4v) is 6.92. The van der Waals surface area contributed by atoms with E-state index in [-0.39, 0.29) is 45.7 Å². The lowest BCUT2D eigenvalue weighted by atomic mass is 10.1. The van der Waals surface area contributed by atoms with Gasteiger partial charge in [-0.05, 0) is 91.7 Å². The molecule has 0 atom stereocenters. The van der Waals surface area contributed by atoms with Crippen molar-refractivity contribution in [3.05, 3.63) is 132 Å². The van der Waals surface area contributed by atoms with Gasteiger partial charge in [0.05, 0.1) is 45.4 Å². The van der Waals surface area contributed by atoms with Crippen LogP contribution in [0.4, 0.5) is 5.69 Å². The number of benzene rings is 3. The van der Waals surface area contributed by atoms with Gasteiger partial charge in [0.1, 0.15) is 11.5 Å². The topological polar surface area (TPSA) is 97.1 Å². The number of hydrogen-bond donors (Lipinski definition) is 0. The van der Waals surface area contributed by atoms with E-state index in [2.05, 4.69) is 0 Å². The van der Waals surface area contributed by atoms with Gasteiger partial charge in [0.25, 0.3) is 5.91 Å². The van der Waals surface area contributed by atoms with Crippen molar-refractivity contribution in [1.29, 1.82) is 0 Å². The fourth-order valence-electron chi connectivity index (χ4n) is 4.91. The van der Waals surface area contributed by atoms with Gasteiger partial charge < -0.3 is 9.15 Å². The zero-order valence-electron chi connectivity index (χ0n) is 24.7. The molecule has 0 saturated carbocycles. The standard InChI is InChI=1S/C33H26Cl4N2O6S/c1-19-4-8-23(15-29(19)36)39-20(2)31(33(41)44-3)27(32(39)40)16-24-9-10-25(45-24)18-38(17-21-5-13-28(35)30(37)14-21)46(42,43)26-11-6-22(34)7-12-26/h4-16H,17-18H2,1-3H3/b27-16+. The van der Waals surface area contributed by atoms with E-state index in [1.165, 1.54) is 46.7 Å². The minimum Gasteiger partial charge on any atom is -0.465 e. The number of aryl methyl sites for hydroxylation is 1. The van der Waals surface area contributed by atoms with Crippen LogP contribution in [0.25, 0.3) is 6.08 Å². The smallest absolute Gasteiger partial charge is 0.340 e. The fraction of sp³-hybridized carbons (Fsp3) is 0.152. The van der Waals surface area contributed by atoms with Crippen molar-refractivity contribution in [2.75, 3.05) is 12.0 Å². The zero-order valence-corrected chi connectivity index (χ0v) is 28.5. The summed E-state index contributed by atoms with van der Waals surface area (Å²) in [4.78, 5) is 28.0. The lowest BCUT2D eigenvalue weighted by molar-refractivity contribution is -0.136. The summed E-state index contributed by atoms with van der Waals surface area (Å²) in [5.41, 5.74) is 2.37. The van der Waals surface area contributed by atoms with Crippen LogP contribution in [0, 0.1) is 6.92 Å². The van der Waals surface area contributed by atoms with Crippen molar-refractivity contribution >= 4 is 80.1 Å². The largest absolute Gasteiger partial charge is 0.465 e. The molecule has 0 saturated heterocycles. The van der Waals surface area contributed by atoms with Crippen LogP contribution < -0.4 is 4.90 Å². The van der Waals surface area contributed by atoms with Crippen molar-refractivity contribution in [3.63, 3.8) is 0 Å². The molecule has 1 aliphatic rings. The first kappa shape index (κ1) is 33.8. The Morgan fingerprint density at radius 3 is 2.26 bits per heavy atom. The summed E-state index contributed by atoms with van der Waals surface area (Å²) in [5, 5.41) is 1.47. The molecule has 8 nitrogen and oxygen atoms in total. The Bertz CT molecular complexity index is 2020. The van der Waals surface area contributed by atoms with Crippen molar-refractivity contribution in [2.45, 2.75) is 31.8 Å². The number of methoxy groups -OCH3 is 1. The van der Waals surface area contributed by atoms with E-state index in [4.69, 9.17) is 55.6 Å². The van der Waals surface area contributed by atoms with Gasteiger partial charge in [-0.15, -0.1) is 0 Å². The molecule has 0 radical (unpaired) electrons. The highest BCUT2D eigenvalue weighted by molar-refractivity contribution is 7.89. The summed E-state index contributed by atoms with van der Waals surface area (Å²) >= 11 is 24.6. The van der Waals surface area contributed by atoms with Crippen LogP contribution in [-0.4, -0.2) is 31.7 Å². The third kappa shape index (κ3) is 6.90. The van der Waals surface area contributed by atoms with Crippen molar-refractivity contribution in [2.24, 2.45) is 0 Å². The number of allylic oxidation sites excluding steroid dienone is 1. The number of esters is 1. The zero-order chi connectivity index (χ0) is 33.3. The van der Waals surface area contributed by atoms with Crippen LogP contribution in [-0.2, 0) is 37.4 Å². The first-order chi connectivity index (χ1) is 21.8. The average molecular weight is 720 g/mol. The monoisotopic (exact) mass is 718 g/mol. The van der Waals surface area contributed by atoms with Crippen molar-refractivity contribution < 1.29 is 27.2 Å². The molecule has 1 aliphatic heterocycles. The molecule has 0 fully saturated rings. The highest BCUT2D eigenvalue weighted by atomic mass is 35.5. The van der Waals surface area contributed by atoms with Crippen LogP contribution >= 0.6 is 46.4 Å². The van der Waals surface area contributed by atoms with Gasteiger partial charge in [-0.1, -0.05) is 58.5 Å². The van der Waals surface area contributed by atoms with Gasteiger partial charge in [-0.3, -0.25) is 9.69 Å². The molecule has 13 heteroatoms. The van der Waals surface area contributed by atoms with Gasteiger partial charge in [0, 0.05) is 22.3 Å². The molecule has 2 heterocycles. The second-order valence-corrected chi connectivity index (χ2v) is 14.0. The van der Waals surface area contributed by atoms with Crippen LogP contribution in [0.15, 0.2) is 99.0 Å². The molecule has 5 rings (SSSR count). The first-order valence-electron chi connectivity index (χ1n) is 13.7. The molecule has 0 spiro atoms. The first-order valence-corrected chi connectivity index (χ1v) is 16.7. The Hall–Kier alpha value is -3.57. The number of sulfonamides is 1. The Morgan fingerprint density at radius 2 is 1.61 bits per heavy atom.